The molecule has 1 aliphatic heterocycles. The van der Waals surface area contributed by atoms with Crippen LogP contribution in [0.2, 0.25) is 0 Å². The van der Waals surface area contributed by atoms with Gasteiger partial charge in [-0.25, -0.2) is 0 Å². The molecule has 0 radical (unpaired) electrons. The van der Waals surface area contributed by atoms with Gasteiger partial charge in [-0.15, -0.1) is 0 Å². The Balaban J connectivity index is 0.000000791. The molecular weight excluding hydrogens is 170 g/mol. The predicted octanol–water partition coefficient (Wildman–Crippen LogP) is 3.93. The van der Waals surface area contributed by atoms with E-state index in [0.717, 1.165) is 12.0 Å². The highest BCUT2D eigenvalue weighted by molar-refractivity contribution is 4.78. The fourth-order valence-electron chi connectivity index (χ4n) is 2.13. The third kappa shape index (κ3) is 4.45. The van der Waals surface area contributed by atoms with Gasteiger partial charge in [-0.2, -0.15) is 0 Å². The zero-order valence-corrected chi connectivity index (χ0v) is 10.8. The molecule has 86 valence electrons. The van der Waals surface area contributed by atoms with Crippen molar-refractivity contribution in [1.82, 2.24) is 4.90 Å². The SMILES string of the molecule is CC.CCC(C)CN1CCCC1CC. The normalized spacial score (nSPS) is 24.2. The zero-order chi connectivity index (χ0) is 11.0. The Morgan fingerprint density at radius 1 is 1.29 bits per heavy atom. The molecule has 14 heavy (non-hydrogen) atoms. The van der Waals surface area contributed by atoms with Gasteiger partial charge in [0.05, 0.1) is 0 Å². The van der Waals surface area contributed by atoms with Crippen molar-refractivity contribution in [3.8, 4) is 0 Å². The van der Waals surface area contributed by atoms with Crippen molar-refractivity contribution in [3.05, 3.63) is 0 Å². The Morgan fingerprint density at radius 2 is 1.93 bits per heavy atom. The van der Waals surface area contributed by atoms with Gasteiger partial charge in [-0.3, -0.25) is 0 Å². The lowest BCUT2D eigenvalue weighted by molar-refractivity contribution is 0.213. The largest absolute Gasteiger partial charge is 0.300 e. The van der Waals surface area contributed by atoms with Crippen LogP contribution in [0.4, 0.5) is 0 Å². The molecule has 1 nitrogen and oxygen atoms in total. The van der Waals surface area contributed by atoms with Gasteiger partial charge < -0.3 is 4.90 Å². The lowest BCUT2D eigenvalue weighted by Gasteiger charge is -2.25. The molecule has 0 aliphatic carbocycles. The van der Waals surface area contributed by atoms with Crippen LogP contribution < -0.4 is 0 Å². The minimum absolute atomic E-state index is 0.886. The van der Waals surface area contributed by atoms with E-state index in [2.05, 4.69) is 25.7 Å². The number of likely N-dealkylation sites (tertiary alicyclic amines) is 1. The van der Waals surface area contributed by atoms with Gasteiger partial charge in [0.1, 0.15) is 0 Å². The first kappa shape index (κ1) is 14.0. The Kier molecular flexibility index (Phi) is 8.26. The van der Waals surface area contributed by atoms with Crippen LogP contribution in [0.1, 0.15) is 60.3 Å². The second-order valence-electron chi connectivity index (χ2n) is 4.21. The Hall–Kier alpha value is -0.0400. The van der Waals surface area contributed by atoms with Crippen LogP contribution >= 0.6 is 0 Å². The molecule has 1 fully saturated rings. The molecule has 0 spiro atoms. The van der Waals surface area contributed by atoms with Crippen LogP contribution in [0.5, 0.6) is 0 Å². The smallest absolute Gasteiger partial charge is 0.00932 e. The van der Waals surface area contributed by atoms with Gasteiger partial charge in [-0.05, 0) is 31.7 Å². The van der Waals surface area contributed by atoms with Crippen molar-refractivity contribution < 1.29 is 0 Å². The fraction of sp³-hybridized carbons (Fsp3) is 1.00. The van der Waals surface area contributed by atoms with E-state index in [-0.39, 0.29) is 0 Å². The standard InChI is InChI=1S/C11H23N.C2H6/c1-4-10(3)9-12-8-6-7-11(12)5-2;1-2/h10-11H,4-9H2,1-3H3;1-2H3. The third-order valence-electron chi connectivity index (χ3n) is 3.21. The number of rotatable bonds is 4. The van der Waals surface area contributed by atoms with E-state index in [1.807, 2.05) is 13.8 Å². The number of nitrogens with zero attached hydrogens (tertiary/aromatic N) is 1. The summed E-state index contributed by atoms with van der Waals surface area (Å²) in [6, 6.07) is 0.902. The summed E-state index contributed by atoms with van der Waals surface area (Å²) < 4.78 is 0. The van der Waals surface area contributed by atoms with Crippen LogP contribution in [0, 0.1) is 5.92 Å². The summed E-state index contributed by atoms with van der Waals surface area (Å²) in [7, 11) is 0. The summed E-state index contributed by atoms with van der Waals surface area (Å²) in [6.07, 6.45) is 5.53. The Bertz CT molecular complexity index is 122. The van der Waals surface area contributed by atoms with Crippen molar-refractivity contribution in [2.24, 2.45) is 5.92 Å². The van der Waals surface area contributed by atoms with Crippen molar-refractivity contribution in [2.45, 2.75) is 66.3 Å². The fourth-order valence-corrected chi connectivity index (χ4v) is 2.13. The molecule has 2 unspecified atom stereocenters. The molecule has 0 N–H and O–H groups in total. The second kappa shape index (κ2) is 8.28. The first-order valence-corrected chi connectivity index (χ1v) is 6.52. The highest BCUT2D eigenvalue weighted by Crippen LogP contribution is 2.21. The lowest BCUT2D eigenvalue weighted by atomic mass is 10.1. The summed E-state index contributed by atoms with van der Waals surface area (Å²) >= 11 is 0. The second-order valence-corrected chi connectivity index (χ2v) is 4.21. The molecule has 0 saturated carbocycles. The van der Waals surface area contributed by atoms with E-state index in [1.54, 1.807) is 0 Å². The monoisotopic (exact) mass is 199 g/mol. The summed E-state index contributed by atoms with van der Waals surface area (Å²) in [6.45, 7) is 13.7. The molecular formula is C13H29N. The molecule has 0 amide bonds. The van der Waals surface area contributed by atoms with Gasteiger partial charge in [0.25, 0.3) is 0 Å². The summed E-state index contributed by atoms with van der Waals surface area (Å²) in [4.78, 5) is 2.69. The van der Waals surface area contributed by atoms with Gasteiger partial charge >= 0.3 is 0 Å². The van der Waals surface area contributed by atoms with Crippen molar-refractivity contribution in [3.63, 3.8) is 0 Å². The molecule has 1 aliphatic rings. The molecule has 0 aromatic heterocycles. The maximum Gasteiger partial charge on any atom is 0.00932 e. The summed E-state index contributed by atoms with van der Waals surface area (Å²) in [5.74, 6) is 0.886. The molecule has 1 saturated heterocycles. The maximum absolute atomic E-state index is 2.69. The number of hydrogen-bond donors (Lipinski definition) is 0. The third-order valence-corrected chi connectivity index (χ3v) is 3.21. The average Bonchev–Trinajstić information content (AvgIpc) is 2.68. The zero-order valence-electron chi connectivity index (χ0n) is 10.8. The van der Waals surface area contributed by atoms with Crippen LogP contribution in [-0.2, 0) is 0 Å². The van der Waals surface area contributed by atoms with Gasteiger partial charge in [0, 0.05) is 12.6 Å². The minimum atomic E-state index is 0.886. The number of hydrogen-bond acceptors (Lipinski definition) is 1. The van der Waals surface area contributed by atoms with Crippen LogP contribution in [0.25, 0.3) is 0 Å². The van der Waals surface area contributed by atoms with E-state index >= 15 is 0 Å². The maximum atomic E-state index is 2.69. The van der Waals surface area contributed by atoms with E-state index < -0.39 is 0 Å². The molecule has 0 bridgehead atoms. The first-order chi connectivity index (χ1) is 6.77. The lowest BCUT2D eigenvalue weighted by Crippen LogP contribution is -2.32. The summed E-state index contributed by atoms with van der Waals surface area (Å²) in [5, 5.41) is 0. The van der Waals surface area contributed by atoms with Gasteiger partial charge in [0.15, 0.2) is 0 Å². The topological polar surface area (TPSA) is 3.24 Å². The summed E-state index contributed by atoms with van der Waals surface area (Å²) in [5.41, 5.74) is 0. The average molecular weight is 199 g/mol. The highest BCUT2D eigenvalue weighted by atomic mass is 15.2. The van der Waals surface area contributed by atoms with E-state index in [9.17, 15) is 0 Å². The molecule has 0 aromatic rings. The van der Waals surface area contributed by atoms with Crippen molar-refractivity contribution >= 4 is 0 Å². The molecule has 2 atom stereocenters. The van der Waals surface area contributed by atoms with Crippen LogP contribution in [0.3, 0.4) is 0 Å². The quantitative estimate of drug-likeness (QED) is 0.663. The molecule has 0 aromatic carbocycles. The molecule has 1 rings (SSSR count). The Morgan fingerprint density at radius 3 is 2.43 bits per heavy atom. The van der Waals surface area contributed by atoms with E-state index in [1.165, 1.54) is 38.8 Å². The van der Waals surface area contributed by atoms with Crippen LogP contribution in [0.15, 0.2) is 0 Å². The molecule has 1 heterocycles. The molecule has 1 heteroatoms. The Labute approximate surface area is 90.9 Å². The van der Waals surface area contributed by atoms with Gasteiger partial charge in [0.2, 0.25) is 0 Å². The first-order valence-electron chi connectivity index (χ1n) is 6.52. The van der Waals surface area contributed by atoms with Crippen molar-refractivity contribution in [1.29, 1.82) is 0 Å². The van der Waals surface area contributed by atoms with E-state index in [4.69, 9.17) is 0 Å². The van der Waals surface area contributed by atoms with Crippen molar-refractivity contribution in [2.75, 3.05) is 13.1 Å². The predicted molar refractivity (Wildman–Crippen MR) is 65.7 cm³/mol. The minimum Gasteiger partial charge on any atom is -0.300 e. The van der Waals surface area contributed by atoms with Crippen LogP contribution in [-0.4, -0.2) is 24.0 Å². The van der Waals surface area contributed by atoms with Gasteiger partial charge in [-0.1, -0.05) is 41.0 Å². The highest BCUT2D eigenvalue weighted by Gasteiger charge is 2.23. The van der Waals surface area contributed by atoms with E-state index in [0.29, 0.717) is 0 Å².